The van der Waals surface area contributed by atoms with Crippen molar-refractivity contribution in [3.05, 3.63) is 108 Å². The fraction of sp³-hybridized carbons (Fsp3) is 0.100. The van der Waals surface area contributed by atoms with Crippen LogP contribution < -0.4 is 0 Å². The second kappa shape index (κ2) is 5.34. The molecule has 0 aromatic heterocycles. The minimum atomic E-state index is -0.161. The second-order valence-corrected chi connectivity index (χ2v) is 5.07. The van der Waals surface area contributed by atoms with E-state index in [-0.39, 0.29) is 5.41 Å². The molecule has 0 heteroatoms. The highest BCUT2D eigenvalue weighted by Gasteiger charge is 2.30. The van der Waals surface area contributed by atoms with Gasteiger partial charge in [-0.25, -0.2) is 0 Å². The summed E-state index contributed by atoms with van der Waals surface area (Å²) in [5, 5.41) is 0. The molecule has 0 fully saturated rings. The highest BCUT2D eigenvalue weighted by atomic mass is 14.3. The predicted octanol–water partition coefficient (Wildman–Crippen LogP) is 4.64. The summed E-state index contributed by atoms with van der Waals surface area (Å²) in [6.07, 6.45) is 0. The van der Waals surface area contributed by atoms with Crippen LogP contribution in [0.3, 0.4) is 0 Å². The molecule has 0 saturated carbocycles. The topological polar surface area (TPSA) is 0 Å². The lowest BCUT2D eigenvalue weighted by molar-refractivity contribution is 0.692. The molecule has 20 heavy (non-hydrogen) atoms. The number of rotatable bonds is 3. The molecule has 3 rings (SSSR count). The minimum absolute atomic E-state index is 0.161. The second-order valence-electron chi connectivity index (χ2n) is 5.07. The predicted molar refractivity (Wildman–Crippen MR) is 82.6 cm³/mol. The summed E-state index contributed by atoms with van der Waals surface area (Å²) in [7, 11) is 0. The van der Waals surface area contributed by atoms with Crippen LogP contribution in [0.2, 0.25) is 0 Å². The van der Waals surface area contributed by atoms with E-state index < -0.39 is 0 Å². The van der Waals surface area contributed by atoms with E-state index in [4.69, 9.17) is 0 Å². The monoisotopic (exact) mass is 256 g/mol. The van der Waals surface area contributed by atoms with Gasteiger partial charge in [0.1, 0.15) is 0 Å². The SMILES string of the molecule is CC(c1cc[c]cc1)(c1cc[c]cc1)c1ccccc1. The molecular formula is C20H16. The largest absolute Gasteiger partial charge is 0.0622 e. The number of hydrogen-bond acceptors (Lipinski definition) is 0. The van der Waals surface area contributed by atoms with Crippen molar-refractivity contribution < 1.29 is 0 Å². The Hall–Kier alpha value is -2.34. The zero-order valence-electron chi connectivity index (χ0n) is 11.5. The van der Waals surface area contributed by atoms with E-state index in [1.165, 1.54) is 16.7 Å². The van der Waals surface area contributed by atoms with E-state index in [1.807, 2.05) is 24.3 Å². The van der Waals surface area contributed by atoms with Crippen molar-refractivity contribution in [3.63, 3.8) is 0 Å². The smallest absolute Gasteiger partial charge is 0.0423 e. The Kier molecular flexibility index (Phi) is 3.39. The summed E-state index contributed by atoms with van der Waals surface area (Å²) < 4.78 is 0. The summed E-state index contributed by atoms with van der Waals surface area (Å²) in [5.41, 5.74) is 3.67. The molecule has 0 aliphatic rings. The standard InChI is InChI=1S/C20H16/c1-20(17-11-5-2-6-12-17,18-13-7-3-8-14-18)19-15-9-4-10-16-19/h2,5-16H,1H3. The molecule has 0 heterocycles. The molecule has 0 amide bonds. The van der Waals surface area contributed by atoms with Gasteiger partial charge in [-0.3, -0.25) is 0 Å². The van der Waals surface area contributed by atoms with Crippen LogP contribution in [-0.2, 0) is 5.41 Å². The summed E-state index contributed by atoms with van der Waals surface area (Å²) >= 11 is 0. The molecule has 0 unspecified atom stereocenters. The van der Waals surface area contributed by atoms with E-state index in [9.17, 15) is 0 Å². The van der Waals surface area contributed by atoms with Gasteiger partial charge in [0.15, 0.2) is 0 Å². The highest BCUT2D eigenvalue weighted by Crippen LogP contribution is 2.38. The average Bonchev–Trinajstić information content (AvgIpc) is 2.56. The van der Waals surface area contributed by atoms with Crippen LogP contribution in [0.4, 0.5) is 0 Å². The van der Waals surface area contributed by atoms with E-state index in [0.717, 1.165) is 0 Å². The third-order valence-electron chi connectivity index (χ3n) is 3.94. The first-order valence-electron chi connectivity index (χ1n) is 6.80. The Balaban J connectivity index is 2.24. The van der Waals surface area contributed by atoms with Crippen LogP contribution in [0.5, 0.6) is 0 Å². The lowest BCUT2D eigenvalue weighted by atomic mass is 9.71. The quantitative estimate of drug-likeness (QED) is 0.599. The van der Waals surface area contributed by atoms with Crippen molar-refractivity contribution in [3.8, 4) is 0 Å². The van der Waals surface area contributed by atoms with E-state index >= 15 is 0 Å². The van der Waals surface area contributed by atoms with Crippen molar-refractivity contribution in [2.75, 3.05) is 0 Å². The van der Waals surface area contributed by atoms with Gasteiger partial charge in [-0.1, -0.05) is 78.9 Å². The van der Waals surface area contributed by atoms with Crippen LogP contribution in [0.25, 0.3) is 0 Å². The lowest BCUT2D eigenvalue weighted by Crippen LogP contribution is -2.25. The fourth-order valence-corrected chi connectivity index (χ4v) is 2.71. The van der Waals surface area contributed by atoms with Gasteiger partial charge in [-0.2, -0.15) is 0 Å². The van der Waals surface area contributed by atoms with Crippen molar-refractivity contribution in [1.29, 1.82) is 0 Å². The molecule has 0 N–H and O–H groups in total. The van der Waals surface area contributed by atoms with Gasteiger partial charge in [0.05, 0.1) is 0 Å². The van der Waals surface area contributed by atoms with Crippen LogP contribution in [-0.4, -0.2) is 0 Å². The van der Waals surface area contributed by atoms with Gasteiger partial charge in [-0.05, 0) is 35.7 Å². The van der Waals surface area contributed by atoms with Crippen LogP contribution in [0, 0.1) is 12.1 Å². The van der Waals surface area contributed by atoms with Crippen molar-refractivity contribution in [1.82, 2.24) is 0 Å². The van der Waals surface area contributed by atoms with Crippen LogP contribution >= 0.6 is 0 Å². The Morgan fingerprint density at radius 1 is 0.600 bits per heavy atom. The number of benzene rings is 3. The van der Waals surface area contributed by atoms with Gasteiger partial charge in [0.25, 0.3) is 0 Å². The molecule has 0 atom stereocenters. The summed E-state index contributed by atoms with van der Waals surface area (Å²) in [6, 6.07) is 33.3. The lowest BCUT2D eigenvalue weighted by Gasteiger charge is -2.31. The van der Waals surface area contributed by atoms with Gasteiger partial charge in [0, 0.05) is 5.41 Å². The van der Waals surface area contributed by atoms with Gasteiger partial charge in [0.2, 0.25) is 0 Å². The van der Waals surface area contributed by atoms with Crippen molar-refractivity contribution >= 4 is 0 Å². The fourth-order valence-electron chi connectivity index (χ4n) is 2.71. The average molecular weight is 256 g/mol. The Morgan fingerprint density at radius 3 is 1.45 bits per heavy atom. The minimum Gasteiger partial charge on any atom is -0.0622 e. The molecular weight excluding hydrogens is 240 g/mol. The van der Waals surface area contributed by atoms with E-state index in [0.29, 0.717) is 0 Å². The molecule has 2 radical (unpaired) electrons. The molecule has 0 aliphatic heterocycles. The third kappa shape index (κ3) is 2.14. The summed E-state index contributed by atoms with van der Waals surface area (Å²) in [6.45, 7) is 2.27. The normalized spacial score (nSPS) is 11.2. The van der Waals surface area contributed by atoms with E-state index in [2.05, 4.69) is 73.7 Å². The molecule has 0 saturated heterocycles. The molecule has 0 bridgehead atoms. The van der Waals surface area contributed by atoms with Crippen LogP contribution in [0.15, 0.2) is 78.9 Å². The van der Waals surface area contributed by atoms with Crippen molar-refractivity contribution in [2.45, 2.75) is 12.3 Å². The van der Waals surface area contributed by atoms with E-state index in [1.54, 1.807) is 0 Å². The molecule has 0 spiro atoms. The Bertz CT molecular complexity index is 558. The maximum absolute atomic E-state index is 3.10. The first kappa shape index (κ1) is 12.7. The maximum atomic E-state index is 3.10. The molecule has 0 nitrogen and oxygen atoms in total. The van der Waals surface area contributed by atoms with Gasteiger partial charge < -0.3 is 0 Å². The molecule has 96 valence electrons. The zero-order valence-corrected chi connectivity index (χ0v) is 11.5. The Labute approximate surface area is 120 Å². The van der Waals surface area contributed by atoms with Crippen LogP contribution in [0.1, 0.15) is 23.6 Å². The first-order chi connectivity index (χ1) is 9.82. The highest BCUT2D eigenvalue weighted by molar-refractivity contribution is 5.48. The van der Waals surface area contributed by atoms with Gasteiger partial charge in [-0.15, -0.1) is 0 Å². The van der Waals surface area contributed by atoms with Crippen molar-refractivity contribution in [2.24, 2.45) is 0 Å². The molecule has 3 aromatic carbocycles. The first-order valence-corrected chi connectivity index (χ1v) is 6.80. The Morgan fingerprint density at radius 2 is 1.00 bits per heavy atom. The number of hydrogen-bond donors (Lipinski definition) is 0. The van der Waals surface area contributed by atoms with Gasteiger partial charge >= 0.3 is 0 Å². The molecule has 0 aliphatic carbocycles. The maximum Gasteiger partial charge on any atom is 0.0423 e. The third-order valence-corrected chi connectivity index (χ3v) is 3.94. The summed E-state index contributed by atoms with van der Waals surface area (Å²) in [4.78, 5) is 0. The molecule has 3 aromatic rings. The summed E-state index contributed by atoms with van der Waals surface area (Å²) in [5.74, 6) is 0. The zero-order chi connectivity index (χ0) is 13.8.